The van der Waals surface area contributed by atoms with Crippen molar-refractivity contribution in [2.24, 2.45) is 0 Å². The van der Waals surface area contributed by atoms with Gasteiger partial charge < -0.3 is 9.88 Å². The van der Waals surface area contributed by atoms with Gasteiger partial charge in [-0.3, -0.25) is 0 Å². The van der Waals surface area contributed by atoms with Gasteiger partial charge in [-0.2, -0.15) is 0 Å². The molecule has 0 aliphatic heterocycles. The Balaban J connectivity index is 1.88. The highest BCUT2D eigenvalue weighted by molar-refractivity contribution is 5.81. The van der Waals surface area contributed by atoms with Gasteiger partial charge in [-0.05, 0) is 42.5 Å². The van der Waals surface area contributed by atoms with Crippen LogP contribution in [-0.2, 0) is 0 Å². The molecule has 0 saturated carbocycles. The molecule has 0 aliphatic rings. The first kappa shape index (κ1) is 15.2. The molecule has 0 bridgehead atoms. The first-order valence-corrected chi connectivity index (χ1v) is 8.17. The molecule has 0 saturated heterocycles. The van der Waals surface area contributed by atoms with Gasteiger partial charge in [0.15, 0.2) is 0 Å². The topological polar surface area (TPSA) is 17.0 Å². The number of hydrogen-bond acceptors (Lipinski definition) is 1. The maximum atomic E-state index is 14.5. The summed E-state index contributed by atoms with van der Waals surface area (Å²) in [4.78, 5) is 0. The Labute approximate surface area is 146 Å². The van der Waals surface area contributed by atoms with Crippen LogP contribution in [-0.4, -0.2) is 4.57 Å². The van der Waals surface area contributed by atoms with E-state index < -0.39 is 0 Å². The fraction of sp³-hybridized carbons (Fsp3) is 0. The molecular formula is C22H17FN2. The van der Waals surface area contributed by atoms with Gasteiger partial charge in [0.2, 0.25) is 0 Å². The molecule has 1 heterocycles. The van der Waals surface area contributed by atoms with Gasteiger partial charge in [0.05, 0.1) is 11.4 Å². The molecular weight excluding hydrogens is 311 g/mol. The van der Waals surface area contributed by atoms with Crippen LogP contribution in [0.4, 0.5) is 15.8 Å². The van der Waals surface area contributed by atoms with Crippen LogP contribution >= 0.6 is 0 Å². The minimum atomic E-state index is -0.241. The summed E-state index contributed by atoms with van der Waals surface area (Å²) < 4.78 is 16.5. The summed E-state index contributed by atoms with van der Waals surface area (Å²) in [5.41, 5.74) is 4.18. The minimum Gasteiger partial charge on any atom is -0.354 e. The molecule has 0 amide bonds. The van der Waals surface area contributed by atoms with Crippen molar-refractivity contribution >= 4 is 11.4 Å². The molecule has 0 aliphatic carbocycles. The highest BCUT2D eigenvalue weighted by atomic mass is 19.1. The quantitative estimate of drug-likeness (QED) is 0.484. The van der Waals surface area contributed by atoms with Crippen molar-refractivity contribution in [2.75, 3.05) is 5.32 Å². The molecule has 4 aromatic rings. The number of nitrogens with one attached hydrogen (secondary N) is 1. The van der Waals surface area contributed by atoms with Crippen molar-refractivity contribution < 1.29 is 4.39 Å². The largest absolute Gasteiger partial charge is 0.354 e. The van der Waals surface area contributed by atoms with Crippen LogP contribution in [0.15, 0.2) is 97.2 Å². The fourth-order valence-electron chi connectivity index (χ4n) is 2.94. The van der Waals surface area contributed by atoms with Gasteiger partial charge in [-0.15, -0.1) is 0 Å². The van der Waals surface area contributed by atoms with Gasteiger partial charge in [-0.1, -0.05) is 48.5 Å². The van der Waals surface area contributed by atoms with Crippen LogP contribution < -0.4 is 5.32 Å². The zero-order valence-electron chi connectivity index (χ0n) is 13.6. The third-order valence-electron chi connectivity index (χ3n) is 4.10. The Morgan fingerprint density at radius 1 is 0.680 bits per heavy atom. The number of aromatic nitrogens is 1. The van der Waals surface area contributed by atoms with Crippen molar-refractivity contribution in [1.82, 2.24) is 4.57 Å². The SMILES string of the molecule is Fc1ccccc1-c1c(Nc2ccccc2)ccn1-c1ccccc1. The highest BCUT2D eigenvalue weighted by Gasteiger charge is 2.16. The summed E-state index contributed by atoms with van der Waals surface area (Å²) in [5, 5.41) is 3.40. The number of para-hydroxylation sites is 2. The van der Waals surface area contributed by atoms with E-state index in [1.165, 1.54) is 6.07 Å². The van der Waals surface area contributed by atoms with E-state index in [0.29, 0.717) is 5.56 Å². The van der Waals surface area contributed by atoms with Crippen LogP contribution in [0.2, 0.25) is 0 Å². The van der Waals surface area contributed by atoms with Gasteiger partial charge in [0, 0.05) is 23.1 Å². The van der Waals surface area contributed by atoms with Crippen molar-refractivity contribution in [3.63, 3.8) is 0 Å². The Morgan fingerprint density at radius 3 is 2.04 bits per heavy atom. The van der Waals surface area contributed by atoms with Crippen molar-refractivity contribution in [3.8, 4) is 16.9 Å². The Kier molecular flexibility index (Phi) is 4.05. The Morgan fingerprint density at radius 2 is 1.32 bits per heavy atom. The molecule has 0 spiro atoms. The zero-order chi connectivity index (χ0) is 17.1. The van der Waals surface area contributed by atoms with E-state index in [9.17, 15) is 4.39 Å². The van der Waals surface area contributed by atoms with Crippen LogP contribution in [0.25, 0.3) is 16.9 Å². The van der Waals surface area contributed by atoms with Crippen LogP contribution in [0.5, 0.6) is 0 Å². The van der Waals surface area contributed by atoms with Crippen LogP contribution in [0.1, 0.15) is 0 Å². The average Bonchev–Trinajstić information content (AvgIpc) is 3.07. The second-order valence-corrected chi connectivity index (χ2v) is 5.75. The summed E-state index contributed by atoms with van der Waals surface area (Å²) in [6, 6.07) is 28.7. The third kappa shape index (κ3) is 3.04. The van der Waals surface area contributed by atoms with E-state index in [0.717, 1.165) is 22.8 Å². The first-order chi connectivity index (χ1) is 12.3. The van der Waals surface area contributed by atoms with E-state index in [1.54, 1.807) is 12.1 Å². The van der Waals surface area contributed by atoms with Gasteiger partial charge in [0.1, 0.15) is 5.82 Å². The van der Waals surface area contributed by atoms with Crippen LogP contribution in [0, 0.1) is 5.82 Å². The molecule has 2 nitrogen and oxygen atoms in total. The Hall–Kier alpha value is -3.33. The fourth-order valence-corrected chi connectivity index (χ4v) is 2.94. The molecule has 4 rings (SSSR count). The standard InChI is InChI=1S/C22H17FN2/c23-20-14-8-7-13-19(20)22-21(24-17-9-3-1-4-10-17)15-16-25(22)18-11-5-2-6-12-18/h1-16,24H. The number of nitrogens with zero attached hydrogens (tertiary/aromatic N) is 1. The van der Waals surface area contributed by atoms with Gasteiger partial charge >= 0.3 is 0 Å². The van der Waals surface area contributed by atoms with Gasteiger partial charge in [0.25, 0.3) is 0 Å². The van der Waals surface area contributed by atoms with Crippen molar-refractivity contribution in [1.29, 1.82) is 0 Å². The summed E-state index contributed by atoms with van der Waals surface area (Å²) in [7, 11) is 0. The zero-order valence-corrected chi connectivity index (χ0v) is 13.6. The molecule has 122 valence electrons. The summed E-state index contributed by atoms with van der Waals surface area (Å²) in [5.74, 6) is -0.241. The minimum absolute atomic E-state index is 0.241. The highest BCUT2D eigenvalue weighted by Crippen LogP contribution is 2.35. The lowest BCUT2D eigenvalue weighted by molar-refractivity contribution is 0.630. The number of rotatable bonds is 4. The average molecular weight is 328 g/mol. The predicted molar refractivity (Wildman–Crippen MR) is 101 cm³/mol. The molecule has 0 fully saturated rings. The molecule has 3 heteroatoms. The number of halogens is 1. The predicted octanol–water partition coefficient (Wildman–Crippen LogP) is 6.03. The number of hydrogen-bond donors (Lipinski definition) is 1. The summed E-state index contributed by atoms with van der Waals surface area (Å²) >= 11 is 0. The second-order valence-electron chi connectivity index (χ2n) is 5.75. The van der Waals surface area contributed by atoms with E-state index in [1.807, 2.05) is 83.6 Å². The lowest BCUT2D eigenvalue weighted by Crippen LogP contribution is -1.99. The maximum absolute atomic E-state index is 14.5. The smallest absolute Gasteiger partial charge is 0.132 e. The molecule has 25 heavy (non-hydrogen) atoms. The van der Waals surface area contributed by atoms with E-state index >= 15 is 0 Å². The van der Waals surface area contributed by atoms with Crippen molar-refractivity contribution in [3.05, 3.63) is 103 Å². The number of anilines is 2. The van der Waals surface area contributed by atoms with Crippen LogP contribution in [0.3, 0.4) is 0 Å². The van der Waals surface area contributed by atoms with E-state index in [2.05, 4.69) is 5.32 Å². The van der Waals surface area contributed by atoms with E-state index in [-0.39, 0.29) is 5.82 Å². The maximum Gasteiger partial charge on any atom is 0.132 e. The first-order valence-electron chi connectivity index (χ1n) is 8.17. The third-order valence-corrected chi connectivity index (χ3v) is 4.10. The molecule has 3 aromatic carbocycles. The van der Waals surface area contributed by atoms with Gasteiger partial charge in [-0.25, -0.2) is 4.39 Å². The molecule has 1 aromatic heterocycles. The number of benzene rings is 3. The van der Waals surface area contributed by atoms with Crippen molar-refractivity contribution in [2.45, 2.75) is 0 Å². The molecule has 0 atom stereocenters. The summed E-state index contributed by atoms with van der Waals surface area (Å²) in [6.07, 6.45) is 1.96. The lowest BCUT2D eigenvalue weighted by Gasteiger charge is -2.14. The van der Waals surface area contributed by atoms with E-state index in [4.69, 9.17) is 0 Å². The second kappa shape index (κ2) is 6.65. The Bertz CT molecular complexity index is 975. The summed E-state index contributed by atoms with van der Waals surface area (Å²) in [6.45, 7) is 0. The molecule has 0 radical (unpaired) electrons. The lowest BCUT2D eigenvalue weighted by atomic mass is 10.1. The monoisotopic (exact) mass is 328 g/mol. The molecule has 1 N–H and O–H groups in total. The normalized spacial score (nSPS) is 10.6. The molecule has 0 unspecified atom stereocenters.